The van der Waals surface area contributed by atoms with Gasteiger partial charge in [-0.2, -0.15) is 0 Å². The van der Waals surface area contributed by atoms with Gasteiger partial charge in [0.25, 0.3) is 0 Å². The molecule has 1 rings (SSSR count). The van der Waals surface area contributed by atoms with Crippen LogP contribution >= 0.6 is 0 Å². The van der Waals surface area contributed by atoms with E-state index in [0.29, 0.717) is 5.92 Å². The van der Waals surface area contributed by atoms with Crippen molar-refractivity contribution >= 4 is 0 Å². The predicted octanol–water partition coefficient (Wildman–Crippen LogP) is 2.48. The molecule has 0 saturated heterocycles. The number of hydrogen-bond acceptors (Lipinski definition) is 3. The average molecular weight is 299 g/mol. The third-order valence-corrected chi connectivity index (χ3v) is 3.43. The molecule has 1 unspecified atom stereocenters. The third-order valence-electron chi connectivity index (χ3n) is 3.43. The van der Waals surface area contributed by atoms with Gasteiger partial charge in [0.05, 0.1) is 6.04 Å². The van der Waals surface area contributed by atoms with Crippen molar-refractivity contribution in [3.05, 3.63) is 35.4 Å². The highest BCUT2D eigenvalue weighted by atomic mass is 19.1. The van der Waals surface area contributed by atoms with Gasteiger partial charge in [0.15, 0.2) is 0 Å². The molecule has 1 atom stereocenters. The fraction of sp³-hybridized carbons (Fsp3) is 0.625. The second-order valence-electron chi connectivity index (χ2n) is 6.08. The van der Waals surface area contributed by atoms with Crippen LogP contribution in [0.5, 0.6) is 0 Å². The monoisotopic (exact) mass is 299 g/mol. The third kappa shape index (κ3) is 5.34. The maximum absolute atomic E-state index is 14.1. The molecular weight excluding hydrogens is 272 g/mol. The van der Waals surface area contributed by atoms with E-state index in [9.17, 15) is 8.78 Å². The Morgan fingerprint density at radius 3 is 2.10 bits per heavy atom. The van der Waals surface area contributed by atoms with Crippen molar-refractivity contribution in [2.24, 2.45) is 11.7 Å². The minimum Gasteiger partial charge on any atom is -0.329 e. The van der Waals surface area contributed by atoms with E-state index in [1.807, 2.05) is 14.1 Å². The molecule has 0 heterocycles. The van der Waals surface area contributed by atoms with E-state index in [-0.39, 0.29) is 12.1 Å². The molecule has 1 aromatic rings. The molecule has 0 radical (unpaired) electrons. The highest BCUT2D eigenvalue weighted by Crippen LogP contribution is 2.26. The summed E-state index contributed by atoms with van der Waals surface area (Å²) in [6.07, 6.45) is 0. The number of halogens is 2. The van der Waals surface area contributed by atoms with Crippen molar-refractivity contribution in [3.63, 3.8) is 0 Å². The van der Waals surface area contributed by atoms with Crippen LogP contribution in [0, 0.1) is 17.6 Å². The van der Waals surface area contributed by atoms with Gasteiger partial charge in [-0.05, 0) is 32.1 Å². The van der Waals surface area contributed by atoms with E-state index >= 15 is 0 Å². The lowest BCUT2D eigenvalue weighted by Gasteiger charge is -2.33. The molecule has 0 bridgehead atoms. The van der Waals surface area contributed by atoms with Crippen LogP contribution in [0.3, 0.4) is 0 Å². The van der Waals surface area contributed by atoms with Crippen LogP contribution < -0.4 is 5.73 Å². The first-order valence-corrected chi connectivity index (χ1v) is 7.39. The largest absolute Gasteiger partial charge is 0.329 e. The number of nitrogens with two attached hydrogens (primary N) is 1. The average Bonchev–Trinajstić information content (AvgIpc) is 2.39. The first-order valence-electron chi connectivity index (χ1n) is 7.39. The van der Waals surface area contributed by atoms with E-state index in [4.69, 9.17) is 5.73 Å². The molecule has 0 saturated carbocycles. The lowest BCUT2D eigenvalue weighted by molar-refractivity contribution is 0.158. The highest BCUT2D eigenvalue weighted by Gasteiger charge is 2.25. The van der Waals surface area contributed by atoms with Crippen molar-refractivity contribution in [3.8, 4) is 0 Å². The van der Waals surface area contributed by atoms with Gasteiger partial charge in [-0.25, -0.2) is 8.78 Å². The molecule has 0 spiro atoms. The predicted molar refractivity (Wildman–Crippen MR) is 83.1 cm³/mol. The van der Waals surface area contributed by atoms with Gasteiger partial charge in [-0.15, -0.1) is 0 Å². The summed E-state index contributed by atoms with van der Waals surface area (Å²) in [5.74, 6) is -0.649. The summed E-state index contributed by atoms with van der Waals surface area (Å²) in [5, 5.41) is 0. The van der Waals surface area contributed by atoms with Crippen LogP contribution in [0.1, 0.15) is 25.5 Å². The molecular formula is C16H27F2N3. The van der Waals surface area contributed by atoms with Crippen LogP contribution in [-0.4, -0.2) is 50.1 Å². The van der Waals surface area contributed by atoms with E-state index in [1.54, 1.807) is 0 Å². The van der Waals surface area contributed by atoms with Crippen molar-refractivity contribution in [1.29, 1.82) is 0 Å². The molecule has 5 heteroatoms. The van der Waals surface area contributed by atoms with Crippen LogP contribution in [-0.2, 0) is 0 Å². The Morgan fingerprint density at radius 1 is 1.10 bits per heavy atom. The van der Waals surface area contributed by atoms with Gasteiger partial charge < -0.3 is 10.6 Å². The summed E-state index contributed by atoms with van der Waals surface area (Å²) in [6.45, 7) is 6.67. The van der Waals surface area contributed by atoms with Crippen molar-refractivity contribution in [2.75, 3.05) is 40.3 Å². The maximum atomic E-state index is 14.1. The summed E-state index contributed by atoms with van der Waals surface area (Å²) in [6, 6.07) is 3.53. The van der Waals surface area contributed by atoms with Crippen LogP contribution in [0.15, 0.2) is 18.2 Å². The fourth-order valence-corrected chi connectivity index (χ4v) is 2.45. The molecule has 0 fully saturated rings. The van der Waals surface area contributed by atoms with Gasteiger partial charge in [0, 0.05) is 31.7 Å². The number of rotatable bonds is 8. The van der Waals surface area contributed by atoms with E-state index in [0.717, 1.165) is 19.6 Å². The van der Waals surface area contributed by atoms with Crippen molar-refractivity contribution in [2.45, 2.75) is 19.9 Å². The van der Waals surface area contributed by atoms with Gasteiger partial charge in [0.2, 0.25) is 0 Å². The molecule has 0 aliphatic rings. The summed E-state index contributed by atoms with van der Waals surface area (Å²) in [7, 11) is 3.96. The van der Waals surface area contributed by atoms with Gasteiger partial charge in [-0.1, -0.05) is 19.9 Å². The van der Waals surface area contributed by atoms with Crippen molar-refractivity contribution < 1.29 is 8.78 Å². The molecule has 0 aromatic heterocycles. The molecule has 120 valence electrons. The Kier molecular flexibility index (Phi) is 7.22. The Hall–Kier alpha value is -1.04. The summed E-state index contributed by atoms with van der Waals surface area (Å²) >= 11 is 0. The number of hydrogen-bond donors (Lipinski definition) is 1. The van der Waals surface area contributed by atoms with Gasteiger partial charge >= 0.3 is 0 Å². The Balaban J connectivity index is 3.05. The summed E-state index contributed by atoms with van der Waals surface area (Å²) < 4.78 is 28.1. The maximum Gasteiger partial charge on any atom is 0.130 e. The standard InChI is InChI=1S/C16H27F2N3/c1-12(2)11-21(9-8-20(3)4)15(10-19)16-13(17)6-5-7-14(16)18/h5-7,12,15H,8-11,19H2,1-4H3. The Bertz CT molecular complexity index is 415. The second-order valence-corrected chi connectivity index (χ2v) is 6.08. The SMILES string of the molecule is CC(C)CN(CCN(C)C)C(CN)c1c(F)cccc1F. The van der Waals surface area contributed by atoms with E-state index < -0.39 is 17.7 Å². The zero-order chi connectivity index (χ0) is 16.0. The lowest BCUT2D eigenvalue weighted by Crippen LogP contribution is -2.41. The normalized spacial score (nSPS) is 13.4. The smallest absolute Gasteiger partial charge is 0.130 e. The topological polar surface area (TPSA) is 32.5 Å². The molecule has 2 N–H and O–H groups in total. The number of nitrogens with zero attached hydrogens (tertiary/aromatic N) is 2. The Labute approximate surface area is 126 Å². The van der Waals surface area contributed by atoms with Crippen LogP contribution in [0.4, 0.5) is 8.78 Å². The molecule has 3 nitrogen and oxygen atoms in total. The lowest BCUT2D eigenvalue weighted by atomic mass is 10.0. The molecule has 0 amide bonds. The van der Waals surface area contributed by atoms with Crippen LogP contribution in [0.25, 0.3) is 0 Å². The number of benzene rings is 1. The summed E-state index contributed by atoms with van der Waals surface area (Å²) in [5.41, 5.74) is 5.92. The van der Waals surface area contributed by atoms with Gasteiger partial charge in [-0.3, -0.25) is 4.90 Å². The zero-order valence-corrected chi connectivity index (χ0v) is 13.4. The van der Waals surface area contributed by atoms with Crippen molar-refractivity contribution in [1.82, 2.24) is 9.80 Å². The molecule has 1 aromatic carbocycles. The zero-order valence-electron chi connectivity index (χ0n) is 13.4. The summed E-state index contributed by atoms with van der Waals surface area (Å²) in [4.78, 5) is 4.13. The minimum atomic E-state index is -0.524. The number of likely N-dealkylation sites (N-methyl/N-ethyl adjacent to an activating group) is 1. The van der Waals surface area contributed by atoms with E-state index in [1.165, 1.54) is 18.2 Å². The van der Waals surface area contributed by atoms with Crippen LogP contribution in [0.2, 0.25) is 0 Å². The minimum absolute atomic E-state index is 0.0828. The first kappa shape index (κ1) is 18.0. The quantitative estimate of drug-likeness (QED) is 0.800. The first-order chi connectivity index (χ1) is 9.86. The molecule has 0 aliphatic carbocycles. The Morgan fingerprint density at radius 2 is 1.67 bits per heavy atom. The van der Waals surface area contributed by atoms with Gasteiger partial charge in [0.1, 0.15) is 11.6 Å². The fourth-order valence-electron chi connectivity index (χ4n) is 2.45. The van der Waals surface area contributed by atoms with E-state index in [2.05, 4.69) is 23.6 Å². The highest BCUT2D eigenvalue weighted by molar-refractivity contribution is 5.24. The molecule has 0 aliphatic heterocycles. The second kappa shape index (κ2) is 8.41. The molecule has 21 heavy (non-hydrogen) atoms.